The van der Waals surface area contributed by atoms with Gasteiger partial charge in [0.1, 0.15) is 12.4 Å². The van der Waals surface area contributed by atoms with Gasteiger partial charge in [-0.25, -0.2) is 0 Å². The Morgan fingerprint density at radius 3 is 2.72 bits per heavy atom. The third-order valence-electron chi connectivity index (χ3n) is 7.66. The molecule has 0 aromatic carbocycles. The Bertz CT molecular complexity index is 611. The standard InChI is InChI=1S/C20H30O5/c1-18(2)14-9-16(25-11-23-3)20(22)13(17(14)18)6-5-7-19(24-4)10-12(21)8-15(19)20/h8,13-14,16-17,22H,5-7,9-11H2,1-4H3/t13-,14+,16+,17-,19-,20+/m0/s1. The van der Waals surface area contributed by atoms with Gasteiger partial charge in [-0.05, 0) is 60.5 Å². The van der Waals surface area contributed by atoms with E-state index in [-0.39, 0.29) is 30.0 Å². The molecule has 0 radical (unpaired) electrons. The van der Waals surface area contributed by atoms with E-state index in [0.29, 0.717) is 18.3 Å². The van der Waals surface area contributed by atoms with E-state index in [4.69, 9.17) is 14.2 Å². The minimum absolute atomic E-state index is 0.0496. The number of ether oxygens (including phenoxy) is 3. The molecule has 5 heteroatoms. The SMILES string of the molecule is COCO[C@@H]1C[C@@H]2[C@H]([C@@H]3CCC[C@]4(OC)CC(=O)C=C4[C@@]13O)C2(C)C. The van der Waals surface area contributed by atoms with Crippen LogP contribution in [-0.4, -0.2) is 49.2 Å². The minimum atomic E-state index is -1.15. The zero-order valence-corrected chi connectivity index (χ0v) is 15.7. The Morgan fingerprint density at radius 2 is 2.04 bits per heavy atom. The molecule has 0 heterocycles. The number of hydrogen-bond donors (Lipinski definition) is 1. The van der Waals surface area contributed by atoms with Crippen molar-refractivity contribution in [3.05, 3.63) is 11.6 Å². The minimum Gasteiger partial charge on any atom is -0.382 e. The first-order valence-corrected chi connectivity index (χ1v) is 9.45. The molecule has 0 saturated heterocycles. The summed E-state index contributed by atoms with van der Waals surface area (Å²) in [6.07, 6.45) is 5.13. The molecule has 25 heavy (non-hydrogen) atoms. The van der Waals surface area contributed by atoms with Crippen LogP contribution < -0.4 is 0 Å². The number of methoxy groups -OCH3 is 2. The quantitative estimate of drug-likeness (QED) is 0.789. The Kier molecular flexibility index (Phi) is 3.97. The lowest BCUT2D eigenvalue weighted by molar-refractivity contribution is -0.185. The van der Waals surface area contributed by atoms with Crippen molar-refractivity contribution in [3.8, 4) is 0 Å². The summed E-state index contributed by atoms with van der Waals surface area (Å²) in [5, 5.41) is 12.1. The molecule has 3 saturated carbocycles. The molecular weight excluding hydrogens is 320 g/mol. The lowest BCUT2D eigenvalue weighted by Crippen LogP contribution is -2.58. The van der Waals surface area contributed by atoms with Crippen molar-refractivity contribution in [3.63, 3.8) is 0 Å². The molecule has 6 atom stereocenters. The van der Waals surface area contributed by atoms with Crippen molar-refractivity contribution in [1.82, 2.24) is 0 Å². The van der Waals surface area contributed by atoms with Crippen molar-refractivity contribution in [1.29, 1.82) is 0 Å². The average molecular weight is 350 g/mol. The van der Waals surface area contributed by atoms with Gasteiger partial charge in [-0.15, -0.1) is 0 Å². The summed E-state index contributed by atoms with van der Waals surface area (Å²) in [6, 6.07) is 0. The van der Waals surface area contributed by atoms with Crippen molar-refractivity contribution >= 4 is 5.78 Å². The molecule has 4 rings (SSSR count). The van der Waals surface area contributed by atoms with Crippen LogP contribution in [-0.2, 0) is 19.0 Å². The number of rotatable bonds is 4. The van der Waals surface area contributed by atoms with Crippen LogP contribution >= 0.6 is 0 Å². The Morgan fingerprint density at radius 1 is 1.28 bits per heavy atom. The number of hydrogen-bond acceptors (Lipinski definition) is 5. The van der Waals surface area contributed by atoms with Crippen molar-refractivity contribution < 1.29 is 24.1 Å². The first kappa shape index (κ1) is 17.7. The van der Waals surface area contributed by atoms with Gasteiger partial charge in [0, 0.05) is 20.6 Å². The molecule has 0 aromatic rings. The molecule has 1 N–H and O–H groups in total. The van der Waals surface area contributed by atoms with Crippen molar-refractivity contribution in [2.24, 2.45) is 23.2 Å². The molecular formula is C20H30O5. The lowest BCUT2D eigenvalue weighted by Gasteiger charge is -2.48. The topological polar surface area (TPSA) is 65.0 Å². The van der Waals surface area contributed by atoms with Gasteiger partial charge in [0.2, 0.25) is 0 Å². The van der Waals surface area contributed by atoms with Crippen LogP contribution in [0.4, 0.5) is 0 Å². The zero-order chi connectivity index (χ0) is 18.0. The number of ketones is 1. The predicted octanol–water partition coefficient (Wildman–Crippen LogP) is 2.47. The Balaban J connectivity index is 1.81. The molecule has 0 aromatic heterocycles. The van der Waals surface area contributed by atoms with Crippen molar-refractivity contribution in [2.45, 2.75) is 63.3 Å². The fourth-order valence-corrected chi connectivity index (χ4v) is 6.39. The maximum absolute atomic E-state index is 12.3. The first-order valence-electron chi connectivity index (χ1n) is 9.45. The largest absolute Gasteiger partial charge is 0.382 e. The smallest absolute Gasteiger partial charge is 0.159 e. The fourth-order valence-electron chi connectivity index (χ4n) is 6.39. The van der Waals surface area contributed by atoms with Crippen LogP contribution in [0.1, 0.15) is 46.0 Å². The van der Waals surface area contributed by atoms with Crippen LogP contribution in [0.3, 0.4) is 0 Å². The summed E-state index contributed by atoms with van der Waals surface area (Å²) >= 11 is 0. The van der Waals surface area contributed by atoms with E-state index in [2.05, 4.69) is 13.8 Å². The number of aliphatic hydroxyl groups is 1. The molecule has 0 amide bonds. The van der Waals surface area contributed by atoms with E-state index in [9.17, 15) is 9.90 Å². The van der Waals surface area contributed by atoms with Crippen LogP contribution in [0.25, 0.3) is 0 Å². The fraction of sp³-hybridized carbons (Fsp3) is 0.850. The van der Waals surface area contributed by atoms with Crippen LogP contribution in [0, 0.1) is 23.2 Å². The third kappa shape index (κ3) is 2.25. The highest BCUT2D eigenvalue weighted by atomic mass is 16.7. The highest BCUT2D eigenvalue weighted by Gasteiger charge is 2.73. The van der Waals surface area contributed by atoms with Gasteiger partial charge in [-0.1, -0.05) is 13.8 Å². The van der Waals surface area contributed by atoms with Crippen LogP contribution in [0.2, 0.25) is 0 Å². The maximum Gasteiger partial charge on any atom is 0.159 e. The summed E-state index contributed by atoms with van der Waals surface area (Å²) in [7, 11) is 3.26. The normalized spacial score (nSPS) is 47.4. The Labute approximate surface area is 149 Å². The second kappa shape index (κ2) is 5.62. The van der Waals surface area contributed by atoms with Gasteiger partial charge in [0.25, 0.3) is 0 Å². The summed E-state index contributed by atoms with van der Waals surface area (Å²) in [5.41, 5.74) is -0.836. The summed E-state index contributed by atoms with van der Waals surface area (Å²) < 4.78 is 17.0. The van der Waals surface area contributed by atoms with E-state index >= 15 is 0 Å². The molecule has 140 valence electrons. The van der Waals surface area contributed by atoms with Crippen molar-refractivity contribution in [2.75, 3.05) is 21.0 Å². The van der Waals surface area contributed by atoms with Gasteiger partial charge < -0.3 is 19.3 Å². The number of fused-ring (bicyclic) bond motifs is 5. The highest BCUT2D eigenvalue weighted by Crippen LogP contribution is 2.72. The number of carbonyl (C=O) groups is 1. The van der Waals surface area contributed by atoms with Gasteiger partial charge in [0.05, 0.1) is 11.7 Å². The van der Waals surface area contributed by atoms with E-state index in [0.717, 1.165) is 31.3 Å². The summed E-state index contributed by atoms with van der Waals surface area (Å²) in [5.74, 6) is 1.20. The third-order valence-corrected chi connectivity index (χ3v) is 7.66. The predicted molar refractivity (Wildman–Crippen MR) is 91.9 cm³/mol. The summed E-state index contributed by atoms with van der Waals surface area (Å²) in [4.78, 5) is 12.3. The van der Waals surface area contributed by atoms with Gasteiger partial charge >= 0.3 is 0 Å². The van der Waals surface area contributed by atoms with E-state index < -0.39 is 11.2 Å². The zero-order valence-electron chi connectivity index (χ0n) is 15.7. The maximum atomic E-state index is 12.3. The van der Waals surface area contributed by atoms with Gasteiger partial charge in [-0.3, -0.25) is 4.79 Å². The monoisotopic (exact) mass is 350 g/mol. The first-order chi connectivity index (χ1) is 11.8. The molecule has 0 aliphatic heterocycles. The molecule has 5 nitrogen and oxygen atoms in total. The molecule has 4 aliphatic carbocycles. The van der Waals surface area contributed by atoms with E-state index in [1.54, 1.807) is 20.3 Å². The summed E-state index contributed by atoms with van der Waals surface area (Å²) in [6.45, 7) is 4.74. The highest BCUT2D eigenvalue weighted by molar-refractivity contribution is 5.95. The molecule has 4 aliphatic rings. The van der Waals surface area contributed by atoms with E-state index in [1.807, 2.05) is 0 Å². The van der Waals surface area contributed by atoms with Crippen LogP contribution in [0.5, 0.6) is 0 Å². The lowest BCUT2D eigenvalue weighted by atomic mass is 9.66. The molecule has 0 bridgehead atoms. The van der Waals surface area contributed by atoms with E-state index in [1.165, 1.54) is 0 Å². The average Bonchev–Trinajstić information content (AvgIpc) is 2.97. The molecule has 0 spiro atoms. The van der Waals surface area contributed by atoms with Gasteiger partial charge in [0.15, 0.2) is 5.78 Å². The van der Waals surface area contributed by atoms with Gasteiger partial charge in [-0.2, -0.15) is 0 Å². The Hall–Kier alpha value is -0.750. The molecule has 0 unspecified atom stereocenters. The van der Waals surface area contributed by atoms with Crippen LogP contribution in [0.15, 0.2) is 11.6 Å². The number of carbonyl (C=O) groups excluding carboxylic acids is 1. The molecule has 3 fully saturated rings. The second-order valence-electron chi connectivity index (χ2n) is 8.97. The number of allylic oxidation sites excluding steroid dienone is 1. The second-order valence-corrected chi connectivity index (χ2v) is 8.97.